The van der Waals surface area contributed by atoms with Crippen LogP contribution in [0.4, 0.5) is 0 Å². The minimum atomic E-state index is -0.766. The van der Waals surface area contributed by atoms with Crippen LogP contribution in [0.2, 0.25) is 0 Å². The van der Waals surface area contributed by atoms with E-state index in [1.54, 1.807) is 13.3 Å². The molecule has 0 bridgehead atoms. The van der Waals surface area contributed by atoms with E-state index in [1.807, 2.05) is 29.2 Å². The van der Waals surface area contributed by atoms with Gasteiger partial charge in [0.2, 0.25) is 5.91 Å². The number of ether oxygens (including phenoxy) is 1. The lowest BCUT2D eigenvalue weighted by Gasteiger charge is -2.36. The first-order chi connectivity index (χ1) is 10.2. The zero-order chi connectivity index (χ0) is 14.8. The molecule has 2 heterocycles. The summed E-state index contributed by atoms with van der Waals surface area (Å²) in [6, 6.07) is 7.65. The van der Waals surface area contributed by atoms with Crippen LogP contribution in [0.15, 0.2) is 41.5 Å². The van der Waals surface area contributed by atoms with Gasteiger partial charge in [0.05, 0.1) is 13.4 Å². The van der Waals surface area contributed by atoms with Gasteiger partial charge in [0.15, 0.2) is 5.78 Å². The maximum Gasteiger partial charge on any atom is 0.240 e. The monoisotopic (exact) mass is 285 g/mol. The summed E-state index contributed by atoms with van der Waals surface area (Å²) >= 11 is 0. The number of aliphatic imine (C=N–C) groups is 1. The highest BCUT2D eigenvalue weighted by molar-refractivity contribution is 6.11. The number of amides is 1. The van der Waals surface area contributed by atoms with Crippen molar-refractivity contribution in [2.45, 2.75) is 12.7 Å². The van der Waals surface area contributed by atoms with E-state index in [-0.39, 0.29) is 11.7 Å². The summed E-state index contributed by atoms with van der Waals surface area (Å²) in [5, 5.41) is 2.48. The first kappa shape index (κ1) is 13.4. The fourth-order valence-electron chi connectivity index (χ4n) is 2.49. The van der Waals surface area contributed by atoms with Crippen LogP contribution >= 0.6 is 0 Å². The zero-order valence-corrected chi connectivity index (χ0v) is 11.5. The summed E-state index contributed by atoms with van der Waals surface area (Å²) in [6.45, 7) is 0.569. The molecule has 0 fully saturated rings. The molecular weight excluding hydrogens is 270 g/mol. The van der Waals surface area contributed by atoms with Crippen molar-refractivity contribution >= 4 is 18.0 Å². The van der Waals surface area contributed by atoms with Crippen LogP contribution in [0.25, 0.3) is 0 Å². The number of hydrogen-bond donors (Lipinski definition) is 1. The molecule has 2 aliphatic heterocycles. The van der Waals surface area contributed by atoms with E-state index in [2.05, 4.69) is 10.3 Å². The van der Waals surface area contributed by atoms with Gasteiger partial charge in [-0.2, -0.15) is 0 Å². The number of rotatable bonds is 3. The Bertz CT molecular complexity index is 622. The van der Waals surface area contributed by atoms with Crippen LogP contribution in [0.1, 0.15) is 5.56 Å². The SMILES string of the molecule is COc1ccc(CN2C=CC(=O)C3C(=O)NC=NC32)cc1. The van der Waals surface area contributed by atoms with Crippen LogP contribution in [-0.2, 0) is 16.1 Å². The molecule has 0 aliphatic carbocycles. The standard InChI is InChI=1S/C15H15N3O3/c1-21-11-4-2-10(3-5-11)8-18-7-6-12(19)13-14(18)16-9-17-15(13)20/h2-7,9,13-14H,8H2,1H3,(H,16,17,20). The number of carbonyl (C=O) groups excluding carboxylic acids is 2. The molecule has 0 aromatic heterocycles. The number of fused-ring (bicyclic) bond motifs is 1. The summed E-state index contributed by atoms with van der Waals surface area (Å²) in [6.07, 6.45) is 4.02. The molecular formula is C15H15N3O3. The highest BCUT2D eigenvalue weighted by Gasteiger charge is 2.40. The van der Waals surface area contributed by atoms with Crippen LogP contribution in [0, 0.1) is 5.92 Å². The zero-order valence-electron chi connectivity index (χ0n) is 11.5. The third-order valence-electron chi connectivity index (χ3n) is 3.62. The average molecular weight is 285 g/mol. The van der Waals surface area contributed by atoms with Crippen molar-refractivity contribution in [3.05, 3.63) is 42.1 Å². The topological polar surface area (TPSA) is 71.0 Å². The number of carbonyl (C=O) groups is 2. The molecule has 3 rings (SSSR count). The largest absolute Gasteiger partial charge is 0.497 e. The molecule has 0 spiro atoms. The van der Waals surface area contributed by atoms with Gasteiger partial charge in [-0.3, -0.25) is 9.59 Å². The normalized spacial score (nSPS) is 23.8. The molecule has 1 aromatic carbocycles. The van der Waals surface area contributed by atoms with Gasteiger partial charge < -0.3 is 15.0 Å². The highest BCUT2D eigenvalue weighted by atomic mass is 16.5. The summed E-state index contributed by atoms with van der Waals surface area (Å²) in [5.74, 6) is -0.487. The summed E-state index contributed by atoms with van der Waals surface area (Å²) in [4.78, 5) is 29.8. The maximum atomic E-state index is 11.9. The first-order valence-electron chi connectivity index (χ1n) is 6.62. The van der Waals surface area contributed by atoms with Crippen molar-refractivity contribution in [2.75, 3.05) is 7.11 Å². The van der Waals surface area contributed by atoms with Gasteiger partial charge in [-0.15, -0.1) is 0 Å². The van der Waals surface area contributed by atoms with Crippen molar-refractivity contribution < 1.29 is 14.3 Å². The lowest BCUT2D eigenvalue weighted by molar-refractivity contribution is -0.134. The molecule has 1 N–H and O–H groups in total. The molecule has 108 valence electrons. The number of ketones is 1. The van der Waals surface area contributed by atoms with Gasteiger partial charge in [-0.05, 0) is 23.8 Å². The smallest absolute Gasteiger partial charge is 0.240 e. The number of benzene rings is 1. The molecule has 6 nitrogen and oxygen atoms in total. The molecule has 2 atom stereocenters. The van der Waals surface area contributed by atoms with Crippen molar-refractivity contribution in [3.8, 4) is 5.75 Å². The Morgan fingerprint density at radius 1 is 1.29 bits per heavy atom. The Morgan fingerprint density at radius 2 is 2.05 bits per heavy atom. The Hall–Kier alpha value is -2.63. The molecule has 1 amide bonds. The van der Waals surface area contributed by atoms with Gasteiger partial charge >= 0.3 is 0 Å². The number of allylic oxidation sites excluding steroid dienone is 1. The second-order valence-corrected chi connectivity index (χ2v) is 4.92. The second kappa shape index (κ2) is 5.40. The number of hydrogen-bond acceptors (Lipinski definition) is 5. The summed E-state index contributed by atoms with van der Waals surface area (Å²) < 4.78 is 5.12. The van der Waals surface area contributed by atoms with E-state index >= 15 is 0 Å². The predicted molar refractivity (Wildman–Crippen MR) is 76.6 cm³/mol. The lowest BCUT2D eigenvalue weighted by Crippen LogP contribution is -2.52. The van der Waals surface area contributed by atoms with Gasteiger partial charge in [-0.1, -0.05) is 12.1 Å². The number of nitrogens with one attached hydrogen (secondary N) is 1. The van der Waals surface area contributed by atoms with Crippen LogP contribution in [0.3, 0.4) is 0 Å². The van der Waals surface area contributed by atoms with Crippen LogP contribution < -0.4 is 10.1 Å². The third-order valence-corrected chi connectivity index (χ3v) is 3.62. The Morgan fingerprint density at radius 3 is 2.76 bits per heavy atom. The minimum absolute atomic E-state index is 0.208. The molecule has 2 aliphatic rings. The molecule has 0 saturated heterocycles. The molecule has 6 heteroatoms. The molecule has 1 aromatic rings. The third kappa shape index (κ3) is 2.52. The Balaban J connectivity index is 1.82. The predicted octanol–water partition coefficient (Wildman–Crippen LogP) is 0.694. The fourth-order valence-corrected chi connectivity index (χ4v) is 2.49. The van der Waals surface area contributed by atoms with Crippen LogP contribution in [0.5, 0.6) is 5.75 Å². The van der Waals surface area contributed by atoms with Crippen molar-refractivity contribution in [2.24, 2.45) is 10.9 Å². The molecule has 0 saturated carbocycles. The van der Waals surface area contributed by atoms with Gasteiger partial charge in [0.1, 0.15) is 17.8 Å². The quantitative estimate of drug-likeness (QED) is 0.830. The van der Waals surface area contributed by atoms with E-state index in [0.717, 1.165) is 11.3 Å². The highest BCUT2D eigenvalue weighted by Crippen LogP contribution is 2.24. The van der Waals surface area contributed by atoms with E-state index in [0.29, 0.717) is 6.54 Å². The minimum Gasteiger partial charge on any atom is -0.497 e. The Kier molecular flexibility index (Phi) is 3.43. The van der Waals surface area contributed by atoms with E-state index in [4.69, 9.17) is 4.74 Å². The number of methoxy groups -OCH3 is 1. The molecule has 2 unspecified atom stereocenters. The van der Waals surface area contributed by atoms with E-state index in [1.165, 1.54) is 12.4 Å². The van der Waals surface area contributed by atoms with Gasteiger partial charge in [-0.25, -0.2) is 4.99 Å². The van der Waals surface area contributed by atoms with E-state index in [9.17, 15) is 9.59 Å². The van der Waals surface area contributed by atoms with Crippen molar-refractivity contribution in [1.29, 1.82) is 0 Å². The second-order valence-electron chi connectivity index (χ2n) is 4.92. The fraction of sp³-hybridized carbons (Fsp3) is 0.267. The first-order valence-corrected chi connectivity index (χ1v) is 6.62. The van der Waals surface area contributed by atoms with Gasteiger partial charge in [0, 0.05) is 12.7 Å². The van der Waals surface area contributed by atoms with Gasteiger partial charge in [0.25, 0.3) is 0 Å². The molecule has 0 radical (unpaired) electrons. The van der Waals surface area contributed by atoms with E-state index < -0.39 is 12.1 Å². The lowest BCUT2D eigenvalue weighted by atomic mass is 9.94. The van der Waals surface area contributed by atoms with Crippen molar-refractivity contribution in [3.63, 3.8) is 0 Å². The Labute approximate surface area is 122 Å². The summed E-state index contributed by atoms with van der Waals surface area (Å²) in [5.41, 5.74) is 1.05. The summed E-state index contributed by atoms with van der Waals surface area (Å²) in [7, 11) is 1.62. The average Bonchev–Trinajstić information content (AvgIpc) is 2.51. The van der Waals surface area contributed by atoms with Crippen molar-refractivity contribution in [1.82, 2.24) is 10.2 Å². The maximum absolute atomic E-state index is 11.9. The van der Waals surface area contributed by atoms with Crippen LogP contribution in [-0.4, -0.2) is 36.2 Å². The number of nitrogens with zero attached hydrogens (tertiary/aromatic N) is 2. The molecule has 21 heavy (non-hydrogen) atoms.